The summed E-state index contributed by atoms with van der Waals surface area (Å²) in [5, 5.41) is 1.23. The van der Waals surface area contributed by atoms with Crippen LogP contribution in [-0.4, -0.2) is 40.0 Å². The van der Waals surface area contributed by atoms with E-state index in [0.717, 1.165) is 10.4 Å². The molecule has 0 amide bonds. The van der Waals surface area contributed by atoms with Crippen LogP contribution in [0.2, 0.25) is 0 Å². The minimum Gasteiger partial charge on any atom is -0.228 e. The molecule has 0 radical (unpaired) electrons. The van der Waals surface area contributed by atoms with E-state index in [1.165, 1.54) is 15.6 Å². The van der Waals surface area contributed by atoms with Crippen LogP contribution in [0.5, 0.6) is 0 Å². The van der Waals surface area contributed by atoms with E-state index in [0.29, 0.717) is 5.56 Å². The van der Waals surface area contributed by atoms with Crippen LogP contribution in [-0.2, 0) is 19.9 Å². The Hall–Kier alpha value is -1.22. The molecule has 1 saturated heterocycles. The Labute approximate surface area is 153 Å². The van der Waals surface area contributed by atoms with Gasteiger partial charge in [0, 0.05) is 18.0 Å². The zero-order valence-corrected chi connectivity index (χ0v) is 16.6. The summed E-state index contributed by atoms with van der Waals surface area (Å²) >= 11 is 1.40. The van der Waals surface area contributed by atoms with Gasteiger partial charge in [-0.15, -0.1) is 11.3 Å². The highest BCUT2D eigenvalue weighted by Crippen LogP contribution is 2.34. The Morgan fingerprint density at radius 1 is 1.16 bits per heavy atom. The summed E-state index contributed by atoms with van der Waals surface area (Å²) in [6.07, 6.45) is 0.285. The Balaban J connectivity index is 1.93. The Bertz CT molecular complexity index is 963. The van der Waals surface area contributed by atoms with Crippen molar-refractivity contribution in [3.63, 3.8) is 0 Å². The van der Waals surface area contributed by atoms with Gasteiger partial charge in [-0.1, -0.05) is 18.2 Å². The topological polar surface area (TPSA) is 71.5 Å². The standard InChI is InChI=1S/C17H21NO4S3/c1-13-5-6-14(2)17(12-13)25(21,22)18-8-7-16(15-4-3-10-23-15)24(19,20)11-9-18/h3-6,10,12,16H,7-9,11H2,1-2H3. The van der Waals surface area contributed by atoms with Gasteiger partial charge in [-0.3, -0.25) is 0 Å². The van der Waals surface area contributed by atoms with Crippen molar-refractivity contribution in [2.75, 3.05) is 18.8 Å². The minimum absolute atomic E-state index is 0.0000756. The van der Waals surface area contributed by atoms with Crippen molar-refractivity contribution in [1.82, 2.24) is 4.31 Å². The number of thiophene rings is 1. The largest absolute Gasteiger partial charge is 0.243 e. The molecule has 1 unspecified atom stereocenters. The summed E-state index contributed by atoms with van der Waals surface area (Å²) in [5.74, 6) is -0.153. The van der Waals surface area contributed by atoms with Crippen molar-refractivity contribution in [1.29, 1.82) is 0 Å². The number of sulfone groups is 1. The van der Waals surface area contributed by atoms with Gasteiger partial charge in [0.15, 0.2) is 9.84 Å². The maximum absolute atomic E-state index is 13.1. The minimum atomic E-state index is -3.71. The average molecular weight is 400 g/mol. The first-order valence-electron chi connectivity index (χ1n) is 8.04. The lowest BCUT2D eigenvalue weighted by Crippen LogP contribution is -2.34. The number of nitrogens with zero attached hydrogens (tertiary/aromatic N) is 1. The molecule has 2 aromatic rings. The van der Waals surface area contributed by atoms with Gasteiger partial charge < -0.3 is 0 Å². The van der Waals surface area contributed by atoms with Crippen LogP contribution in [0.25, 0.3) is 0 Å². The van der Waals surface area contributed by atoms with Gasteiger partial charge in [0.2, 0.25) is 10.0 Å². The van der Waals surface area contributed by atoms with E-state index in [1.807, 2.05) is 30.5 Å². The summed E-state index contributed by atoms with van der Waals surface area (Å²) in [6, 6.07) is 8.94. The smallest absolute Gasteiger partial charge is 0.228 e. The molecule has 0 saturated carbocycles. The van der Waals surface area contributed by atoms with Crippen molar-refractivity contribution >= 4 is 31.2 Å². The Kier molecular flexibility index (Phi) is 5.07. The summed E-state index contributed by atoms with van der Waals surface area (Å²) in [5.41, 5.74) is 1.54. The summed E-state index contributed by atoms with van der Waals surface area (Å²) in [6.45, 7) is 3.81. The molecule has 0 bridgehead atoms. The molecule has 8 heteroatoms. The van der Waals surface area contributed by atoms with E-state index >= 15 is 0 Å². The maximum Gasteiger partial charge on any atom is 0.243 e. The molecule has 0 aliphatic carbocycles. The van der Waals surface area contributed by atoms with Gasteiger partial charge in [-0.2, -0.15) is 4.31 Å². The van der Waals surface area contributed by atoms with E-state index in [1.54, 1.807) is 19.1 Å². The summed E-state index contributed by atoms with van der Waals surface area (Å²) in [4.78, 5) is 1.05. The fraction of sp³-hybridized carbons (Fsp3) is 0.412. The first-order valence-corrected chi connectivity index (χ1v) is 12.1. The fourth-order valence-electron chi connectivity index (χ4n) is 3.08. The highest BCUT2D eigenvalue weighted by atomic mass is 32.2. The predicted octanol–water partition coefficient (Wildman–Crippen LogP) is 2.92. The second-order valence-corrected chi connectivity index (χ2v) is 11.5. The van der Waals surface area contributed by atoms with Gasteiger partial charge >= 0.3 is 0 Å². The second kappa shape index (κ2) is 6.83. The third-order valence-electron chi connectivity index (χ3n) is 4.52. The van der Waals surface area contributed by atoms with Crippen LogP contribution in [0.4, 0.5) is 0 Å². The summed E-state index contributed by atoms with van der Waals surface area (Å²) in [7, 11) is -7.08. The van der Waals surface area contributed by atoms with Crippen LogP contribution >= 0.6 is 11.3 Å². The number of sulfonamides is 1. The van der Waals surface area contributed by atoms with Gasteiger partial charge in [0.1, 0.15) is 0 Å². The van der Waals surface area contributed by atoms with Gasteiger partial charge in [-0.25, -0.2) is 16.8 Å². The van der Waals surface area contributed by atoms with Crippen LogP contribution in [0.1, 0.15) is 27.7 Å². The van der Waals surface area contributed by atoms with Crippen molar-refractivity contribution in [2.45, 2.75) is 30.4 Å². The lowest BCUT2D eigenvalue weighted by atomic mass is 10.2. The Morgan fingerprint density at radius 3 is 2.60 bits per heavy atom. The average Bonchev–Trinajstić information content (AvgIpc) is 3.00. The molecule has 1 fully saturated rings. The number of aryl methyl sites for hydroxylation is 2. The molecule has 136 valence electrons. The van der Waals surface area contributed by atoms with Gasteiger partial charge in [0.05, 0.1) is 15.9 Å². The molecule has 1 aliphatic rings. The molecule has 1 aliphatic heterocycles. The first-order chi connectivity index (χ1) is 11.7. The van der Waals surface area contributed by atoms with Crippen molar-refractivity contribution in [2.24, 2.45) is 0 Å². The monoisotopic (exact) mass is 399 g/mol. The van der Waals surface area contributed by atoms with E-state index in [9.17, 15) is 16.8 Å². The molecule has 5 nitrogen and oxygen atoms in total. The zero-order valence-electron chi connectivity index (χ0n) is 14.2. The van der Waals surface area contributed by atoms with Crippen LogP contribution in [0, 0.1) is 13.8 Å². The lowest BCUT2D eigenvalue weighted by Gasteiger charge is -2.21. The number of hydrogen-bond donors (Lipinski definition) is 0. The maximum atomic E-state index is 13.1. The normalized spacial score (nSPS) is 21.8. The SMILES string of the molecule is Cc1ccc(C)c(S(=O)(=O)N2CCC(c3cccs3)S(=O)(=O)CC2)c1. The molecular formula is C17H21NO4S3. The molecule has 1 atom stereocenters. The highest BCUT2D eigenvalue weighted by molar-refractivity contribution is 7.92. The molecule has 1 aromatic carbocycles. The molecule has 3 rings (SSSR count). The molecule has 25 heavy (non-hydrogen) atoms. The number of hydrogen-bond acceptors (Lipinski definition) is 5. The predicted molar refractivity (Wildman–Crippen MR) is 100 cm³/mol. The number of benzene rings is 1. The van der Waals surface area contributed by atoms with E-state index in [2.05, 4.69) is 0 Å². The zero-order chi connectivity index (χ0) is 18.2. The van der Waals surface area contributed by atoms with Gasteiger partial charge in [-0.05, 0) is 48.9 Å². The third-order valence-corrected chi connectivity index (χ3v) is 9.81. The van der Waals surface area contributed by atoms with E-state index < -0.39 is 25.1 Å². The van der Waals surface area contributed by atoms with Crippen LogP contribution in [0.15, 0.2) is 40.6 Å². The first kappa shape index (κ1) is 18.6. The van der Waals surface area contributed by atoms with Crippen molar-refractivity contribution in [3.8, 4) is 0 Å². The fourth-order valence-corrected chi connectivity index (χ4v) is 7.97. The molecule has 0 N–H and O–H groups in total. The van der Waals surface area contributed by atoms with Crippen molar-refractivity contribution in [3.05, 3.63) is 51.7 Å². The molecular weight excluding hydrogens is 378 g/mol. The molecule has 1 aromatic heterocycles. The van der Waals surface area contributed by atoms with Gasteiger partial charge in [0.25, 0.3) is 0 Å². The third kappa shape index (κ3) is 3.67. The lowest BCUT2D eigenvalue weighted by molar-refractivity contribution is 0.428. The van der Waals surface area contributed by atoms with E-state index in [4.69, 9.17) is 0 Å². The second-order valence-electron chi connectivity index (χ2n) is 6.33. The van der Waals surface area contributed by atoms with E-state index in [-0.39, 0.29) is 30.2 Å². The quantitative estimate of drug-likeness (QED) is 0.796. The van der Waals surface area contributed by atoms with Crippen LogP contribution < -0.4 is 0 Å². The Morgan fingerprint density at radius 2 is 1.92 bits per heavy atom. The number of rotatable bonds is 3. The molecule has 0 spiro atoms. The van der Waals surface area contributed by atoms with Crippen molar-refractivity contribution < 1.29 is 16.8 Å². The highest BCUT2D eigenvalue weighted by Gasteiger charge is 2.36. The molecule has 2 heterocycles. The summed E-state index contributed by atoms with van der Waals surface area (Å²) < 4.78 is 52.7. The van der Waals surface area contributed by atoms with Crippen LogP contribution in [0.3, 0.4) is 0 Å².